The summed E-state index contributed by atoms with van der Waals surface area (Å²) in [6.07, 6.45) is 0. The summed E-state index contributed by atoms with van der Waals surface area (Å²) < 4.78 is 21.7. The van der Waals surface area contributed by atoms with Crippen LogP contribution in [0.3, 0.4) is 0 Å². The molecule has 0 saturated carbocycles. The third kappa shape index (κ3) is 7.14. The van der Waals surface area contributed by atoms with Gasteiger partial charge in [-0.3, -0.25) is 0 Å². The van der Waals surface area contributed by atoms with E-state index in [1.807, 2.05) is 48.5 Å². The van der Waals surface area contributed by atoms with Crippen molar-refractivity contribution in [1.29, 1.82) is 0 Å². The van der Waals surface area contributed by atoms with Gasteiger partial charge < -0.3 is 28.7 Å². The molecule has 0 N–H and O–H groups in total. The zero-order chi connectivity index (χ0) is 35.9. The molecule has 0 radical (unpaired) electrons. The number of nitrogens with zero attached hydrogens (tertiary/aromatic N) is 2. The van der Waals surface area contributed by atoms with Crippen LogP contribution in [0.4, 0.5) is 34.1 Å². The van der Waals surface area contributed by atoms with Crippen molar-refractivity contribution in [2.24, 2.45) is 0 Å². The standard InChI is InChI=1S/C46H40N2O4/c1-49-41-25-17-37(18-26-41)47(38-19-27-42(50-2)28-20-38)35-13-9-33(10-14-35)45-7-5-6-8-46(45)34-11-15-36(16-12-34)48(39-21-29-43(51-3)30-22-39)40-23-31-44(52-4)32-24-40/h5-32H,1-4H3. The lowest BCUT2D eigenvalue weighted by atomic mass is 9.94. The van der Waals surface area contributed by atoms with E-state index in [-0.39, 0.29) is 0 Å². The summed E-state index contributed by atoms with van der Waals surface area (Å²) >= 11 is 0. The van der Waals surface area contributed by atoms with Crippen LogP contribution >= 0.6 is 0 Å². The highest BCUT2D eigenvalue weighted by Crippen LogP contribution is 2.40. The van der Waals surface area contributed by atoms with Gasteiger partial charge in [0, 0.05) is 34.1 Å². The lowest BCUT2D eigenvalue weighted by Gasteiger charge is -2.26. The fourth-order valence-corrected chi connectivity index (χ4v) is 6.39. The van der Waals surface area contributed by atoms with Crippen LogP contribution in [0.15, 0.2) is 170 Å². The Kier molecular flexibility index (Phi) is 10.1. The van der Waals surface area contributed by atoms with E-state index in [2.05, 4.69) is 131 Å². The molecule has 52 heavy (non-hydrogen) atoms. The molecular formula is C46H40N2O4. The molecule has 0 unspecified atom stereocenters. The molecule has 0 aliphatic rings. The normalized spacial score (nSPS) is 10.7. The highest BCUT2D eigenvalue weighted by molar-refractivity contribution is 5.87. The topological polar surface area (TPSA) is 43.4 Å². The predicted molar refractivity (Wildman–Crippen MR) is 213 cm³/mol. The fraction of sp³-hybridized carbons (Fsp3) is 0.0870. The van der Waals surface area contributed by atoms with Crippen LogP contribution in [0, 0.1) is 0 Å². The molecule has 0 heterocycles. The van der Waals surface area contributed by atoms with Crippen molar-refractivity contribution >= 4 is 34.1 Å². The maximum absolute atomic E-state index is 5.43. The molecule has 0 bridgehead atoms. The molecule has 7 aromatic rings. The first-order valence-electron chi connectivity index (χ1n) is 17.0. The van der Waals surface area contributed by atoms with Gasteiger partial charge >= 0.3 is 0 Å². The van der Waals surface area contributed by atoms with Crippen LogP contribution in [0.25, 0.3) is 22.3 Å². The van der Waals surface area contributed by atoms with E-state index in [1.165, 1.54) is 0 Å². The van der Waals surface area contributed by atoms with Gasteiger partial charge in [0.15, 0.2) is 0 Å². The van der Waals surface area contributed by atoms with Gasteiger partial charge in [0.25, 0.3) is 0 Å². The van der Waals surface area contributed by atoms with Gasteiger partial charge in [-0.05, 0) is 144 Å². The smallest absolute Gasteiger partial charge is 0.119 e. The molecule has 6 nitrogen and oxygen atoms in total. The second-order valence-electron chi connectivity index (χ2n) is 12.1. The van der Waals surface area contributed by atoms with Gasteiger partial charge in [-0.15, -0.1) is 0 Å². The molecular weight excluding hydrogens is 645 g/mol. The Balaban J connectivity index is 1.21. The number of hydrogen-bond donors (Lipinski definition) is 0. The molecule has 0 atom stereocenters. The molecule has 0 amide bonds. The first-order chi connectivity index (χ1) is 25.6. The second-order valence-corrected chi connectivity index (χ2v) is 12.1. The molecule has 6 heteroatoms. The molecule has 258 valence electrons. The Morgan fingerprint density at radius 3 is 0.692 bits per heavy atom. The molecule has 0 saturated heterocycles. The SMILES string of the molecule is COc1ccc(N(c2ccc(OC)cc2)c2ccc(-c3ccccc3-c3ccc(N(c4ccc(OC)cc4)c4ccc(OC)cc4)cc3)cc2)cc1. The molecule has 0 aromatic heterocycles. The van der Waals surface area contributed by atoms with E-state index in [9.17, 15) is 0 Å². The largest absolute Gasteiger partial charge is 0.497 e. The van der Waals surface area contributed by atoms with Crippen molar-refractivity contribution in [2.75, 3.05) is 38.2 Å². The van der Waals surface area contributed by atoms with Crippen molar-refractivity contribution in [3.05, 3.63) is 170 Å². The van der Waals surface area contributed by atoms with Crippen LogP contribution in [0.2, 0.25) is 0 Å². The van der Waals surface area contributed by atoms with Gasteiger partial charge in [0.1, 0.15) is 23.0 Å². The quantitative estimate of drug-likeness (QED) is 0.128. The molecule has 7 aromatic carbocycles. The molecule has 0 aliphatic carbocycles. The Bertz CT molecular complexity index is 1940. The van der Waals surface area contributed by atoms with Gasteiger partial charge in [0.2, 0.25) is 0 Å². The minimum Gasteiger partial charge on any atom is -0.497 e. The third-order valence-corrected chi connectivity index (χ3v) is 9.12. The maximum Gasteiger partial charge on any atom is 0.119 e. The van der Waals surface area contributed by atoms with Gasteiger partial charge in [-0.25, -0.2) is 0 Å². The summed E-state index contributed by atoms with van der Waals surface area (Å²) in [6.45, 7) is 0. The average Bonchev–Trinajstić information content (AvgIpc) is 3.22. The zero-order valence-corrected chi connectivity index (χ0v) is 29.7. The van der Waals surface area contributed by atoms with Gasteiger partial charge in [-0.2, -0.15) is 0 Å². The number of anilines is 6. The Morgan fingerprint density at radius 1 is 0.269 bits per heavy atom. The monoisotopic (exact) mass is 684 g/mol. The van der Waals surface area contributed by atoms with Crippen molar-refractivity contribution in [2.45, 2.75) is 0 Å². The number of rotatable bonds is 12. The fourth-order valence-electron chi connectivity index (χ4n) is 6.39. The van der Waals surface area contributed by atoms with Gasteiger partial charge in [-0.1, -0.05) is 48.5 Å². The molecule has 7 rings (SSSR count). The van der Waals surface area contributed by atoms with Crippen molar-refractivity contribution in [1.82, 2.24) is 0 Å². The van der Waals surface area contributed by atoms with Crippen LogP contribution in [-0.4, -0.2) is 28.4 Å². The number of benzene rings is 7. The highest BCUT2D eigenvalue weighted by Gasteiger charge is 2.16. The molecule has 0 spiro atoms. The van der Waals surface area contributed by atoms with Crippen LogP contribution < -0.4 is 28.7 Å². The third-order valence-electron chi connectivity index (χ3n) is 9.12. The van der Waals surface area contributed by atoms with Crippen molar-refractivity contribution in [3.8, 4) is 45.3 Å². The Labute approximate surface area is 305 Å². The van der Waals surface area contributed by atoms with E-state index in [0.717, 1.165) is 79.4 Å². The minimum atomic E-state index is 0.813. The van der Waals surface area contributed by atoms with Gasteiger partial charge in [0.05, 0.1) is 28.4 Å². The summed E-state index contributed by atoms with van der Waals surface area (Å²) in [4.78, 5) is 4.45. The molecule has 0 aliphatic heterocycles. The van der Waals surface area contributed by atoms with E-state index in [0.29, 0.717) is 0 Å². The maximum atomic E-state index is 5.43. The average molecular weight is 685 g/mol. The van der Waals surface area contributed by atoms with Crippen molar-refractivity contribution in [3.63, 3.8) is 0 Å². The first kappa shape index (κ1) is 33.8. The lowest BCUT2D eigenvalue weighted by Crippen LogP contribution is -2.10. The second kappa shape index (κ2) is 15.5. The lowest BCUT2D eigenvalue weighted by molar-refractivity contribution is 0.414. The summed E-state index contributed by atoms with van der Waals surface area (Å²) in [5.41, 5.74) is 10.8. The predicted octanol–water partition coefficient (Wildman–Crippen LogP) is 12.0. The van der Waals surface area contributed by atoms with E-state index in [4.69, 9.17) is 18.9 Å². The Morgan fingerprint density at radius 2 is 0.481 bits per heavy atom. The summed E-state index contributed by atoms with van der Waals surface area (Å²) in [6, 6.07) is 58.4. The first-order valence-corrected chi connectivity index (χ1v) is 17.0. The number of hydrogen-bond acceptors (Lipinski definition) is 6. The Hall–Kier alpha value is -6.66. The summed E-state index contributed by atoms with van der Waals surface area (Å²) in [5.74, 6) is 3.25. The van der Waals surface area contributed by atoms with E-state index < -0.39 is 0 Å². The summed E-state index contributed by atoms with van der Waals surface area (Å²) in [5, 5.41) is 0. The van der Waals surface area contributed by atoms with Crippen molar-refractivity contribution < 1.29 is 18.9 Å². The zero-order valence-electron chi connectivity index (χ0n) is 29.7. The van der Waals surface area contributed by atoms with Crippen LogP contribution in [-0.2, 0) is 0 Å². The van der Waals surface area contributed by atoms with E-state index in [1.54, 1.807) is 28.4 Å². The number of methoxy groups -OCH3 is 4. The minimum absolute atomic E-state index is 0.813. The van der Waals surface area contributed by atoms with Crippen LogP contribution in [0.1, 0.15) is 0 Å². The summed E-state index contributed by atoms with van der Waals surface area (Å²) in [7, 11) is 6.73. The highest BCUT2D eigenvalue weighted by atomic mass is 16.5. The van der Waals surface area contributed by atoms with Crippen LogP contribution in [0.5, 0.6) is 23.0 Å². The number of ether oxygens (including phenoxy) is 4. The van der Waals surface area contributed by atoms with E-state index >= 15 is 0 Å². The molecule has 0 fully saturated rings.